The molecule has 0 saturated heterocycles. The van der Waals surface area contributed by atoms with Crippen LogP contribution in [-0.2, 0) is 17.9 Å². The second-order valence-corrected chi connectivity index (χ2v) is 9.65. The van der Waals surface area contributed by atoms with Crippen LogP contribution in [0.5, 0.6) is 5.75 Å². The molecule has 1 heterocycles. The molecule has 188 valence electrons. The van der Waals surface area contributed by atoms with Gasteiger partial charge in [0.2, 0.25) is 0 Å². The average Bonchev–Trinajstić information content (AvgIpc) is 3.33. The summed E-state index contributed by atoms with van der Waals surface area (Å²) in [5.41, 5.74) is 1.51. The number of rotatable bonds is 8. The number of fused-ring (bicyclic) bond motifs is 1. The summed E-state index contributed by atoms with van der Waals surface area (Å²) >= 11 is 6.01. The van der Waals surface area contributed by atoms with Gasteiger partial charge in [0.1, 0.15) is 17.9 Å². The van der Waals surface area contributed by atoms with Crippen molar-refractivity contribution in [1.29, 1.82) is 0 Å². The van der Waals surface area contributed by atoms with E-state index in [1.807, 2.05) is 18.2 Å². The number of hydrogen-bond acceptors (Lipinski definition) is 6. The molecule has 1 N–H and O–H groups in total. The summed E-state index contributed by atoms with van der Waals surface area (Å²) < 4.78 is 6.99. The molecule has 37 heavy (non-hydrogen) atoms. The molecule has 1 saturated carbocycles. The molecule has 0 amide bonds. The number of carboxylic acid groups (broad SMARTS) is 1. The number of hydrogen-bond donors (Lipinski definition) is 1. The van der Waals surface area contributed by atoms with Crippen molar-refractivity contribution in [2.24, 2.45) is 17.8 Å². The normalized spacial score (nSPS) is 19.1. The van der Waals surface area contributed by atoms with Gasteiger partial charge in [-0.25, -0.2) is 4.68 Å². The number of aromatic nitrogens is 3. The van der Waals surface area contributed by atoms with E-state index >= 15 is 0 Å². The number of aliphatic carboxylic acids is 1. The molecular formula is C28H24ClN3O5. The van der Waals surface area contributed by atoms with Crippen LogP contribution in [0, 0.1) is 17.8 Å². The number of carbonyl (C=O) groups is 2. The zero-order valence-corrected chi connectivity index (χ0v) is 20.5. The van der Waals surface area contributed by atoms with Crippen molar-refractivity contribution in [2.75, 3.05) is 0 Å². The van der Waals surface area contributed by atoms with Crippen molar-refractivity contribution < 1.29 is 19.4 Å². The van der Waals surface area contributed by atoms with Crippen LogP contribution in [0.25, 0.3) is 10.9 Å². The standard InChI is InChI=1S/C28H24ClN3O5/c29-20-5-3-4-17(14-20)16-37-21-11-8-18(9-12-21)26(33)23-13-10-19(25(23)28(35)36)15-32-27(34)22-6-1-2-7-24(22)30-31-32/h1-9,11-12,14,19,23,25H,10,13,15-16H2,(H,35,36)/t19-,23-,25-/m0/s1. The van der Waals surface area contributed by atoms with Gasteiger partial charge in [0.15, 0.2) is 5.78 Å². The summed E-state index contributed by atoms with van der Waals surface area (Å²) in [7, 11) is 0. The number of carbonyl (C=O) groups excluding carboxylic acids is 1. The minimum atomic E-state index is -1.05. The van der Waals surface area contributed by atoms with Gasteiger partial charge in [-0.1, -0.05) is 41.1 Å². The molecule has 3 aromatic carbocycles. The van der Waals surface area contributed by atoms with Gasteiger partial charge in [-0.2, -0.15) is 0 Å². The Kier molecular flexibility index (Phi) is 7.01. The van der Waals surface area contributed by atoms with Gasteiger partial charge >= 0.3 is 5.97 Å². The van der Waals surface area contributed by atoms with E-state index < -0.39 is 23.7 Å². The highest BCUT2D eigenvalue weighted by atomic mass is 35.5. The summed E-state index contributed by atoms with van der Waals surface area (Å²) in [6.45, 7) is 0.421. The maximum Gasteiger partial charge on any atom is 0.307 e. The fourth-order valence-corrected chi connectivity index (χ4v) is 5.25. The zero-order valence-electron chi connectivity index (χ0n) is 19.8. The number of ketones is 1. The lowest BCUT2D eigenvalue weighted by Gasteiger charge is -2.20. The van der Waals surface area contributed by atoms with Crippen molar-refractivity contribution in [2.45, 2.75) is 26.0 Å². The Morgan fingerprint density at radius 3 is 2.57 bits per heavy atom. The van der Waals surface area contributed by atoms with Gasteiger partial charge in [-0.3, -0.25) is 14.4 Å². The first-order valence-corrected chi connectivity index (χ1v) is 12.4. The van der Waals surface area contributed by atoms with Crippen LogP contribution < -0.4 is 10.3 Å². The maximum absolute atomic E-state index is 13.3. The number of nitrogens with zero attached hydrogens (tertiary/aromatic N) is 3. The Morgan fingerprint density at radius 2 is 1.81 bits per heavy atom. The molecule has 0 bridgehead atoms. The fraction of sp³-hybridized carbons (Fsp3) is 0.250. The smallest absolute Gasteiger partial charge is 0.307 e. The molecular weight excluding hydrogens is 494 g/mol. The molecule has 0 spiro atoms. The highest BCUT2D eigenvalue weighted by Crippen LogP contribution is 2.40. The van der Waals surface area contributed by atoms with Crippen LogP contribution >= 0.6 is 11.6 Å². The lowest BCUT2D eigenvalue weighted by Crippen LogP contribution is -2.34. The highest BCUT2D eigenvalue weighted by molar-refractivity contribution is 6.30. The first-order chi connectivity index (χ1) is 17.9. The minimum Gasteiger partial charge on any atom is -0.489 e. The summed E-state index contributed by atoms with van der Waals surface area (Å²) in [5, 5.41) is 19.1. The fourth-order valence-electron chi connectivity index (χ4n) is 5.04. The third kappa shape index (κ3) is 5.24. The summed E-state index contributed by atoms with van der Waals surface area (Å²) in [6, 6.07) is 20.9. The summed E-state index contributed by atoms with van der Waals surface area (Å²) in [4.78, 5) is 38.4. The molecule has 1 aliphatic rings. The van der Waals surface area contributed by atoms with Crippen molar-refractivity contribution in [3.8, 4) is 5.75 Å². The largest absolute Gasteiger partial charge is 0.489 e. The molecule has 4 aromatic rings. The van der Waals surface area contributed by atoms with Crippen LogP contribution in [0.4, 0.5) is 0 Å². The molecule has 0 radical (unpaired) electrons. The van der Waals surface area contributed by atoms with Crippen LogP contribution in [0.3, 0.4) is 0 Å². The molecule has 1 aliphatic carbocycles. The molecule has 0 aliphatic heterocycles. The van der Waals surface area contributed by atoms with Gasteiger partial charge in [0, 0.05) is 16.5 Å². The van der Waals surface area contributed by atoms with Gasteiger partial charge < -0.3 is 9.84 Å². The number of carboxylic acids is 1. The van der Waals surface area contributed by atoms with Crippen LogP contribution in [0.2, 0.25) is 5.02 Å². The lowest BCUT2D eigenvalue weighted by molar-refractivity contribution is -0.144. The first-order valence-electron chi connectivity index (χ1n) is 12.0. The number of benzene rings is 3. The van der Waals surface area contributed by atoms with E-state index in [4.69, 9.17) is 16.3 Å². The zero-order chi connectivity index (χ0) is 25.9. The summed E-state index contributed by atoms with van der Waals surface area (Å²) in [5.74, 6) is -2.72. The minimum absolute atomic E-state index is 0.0910. The molecule has 5 rings (SSSR count). The van der Waals surface area contributed by atoms with E-state index in [2.05, 4.69) is 10.3 Å². The van der Waals surface area contributed by atoms with Gasteiger partial charge in [-0.15, -0.1) is 5.10 Å². The Labute approximate surface area is 217 Å². The van der Waals surface area contributed by atoms with E-state index in [0.29, 0.717) is 46.7 Å². The first kappa shape index (κ1) is 24.6. The maximum atomic E-state index is 13.3. The molecule has 9 heteroatoms. The molecule has 1 fully saturated rings. The topological polar surface area (TPSA) is 111 Å². The van der Waals surface area contributed by atoms with E-state index in [1.54, 1.807) is 54.6 Å². The predicted octanol–water partition coefficient (Wildman–Crippen LogP) is 4.63. The molecule has 1 aromatic heterocycles. The second kappa shape index (κ2) is 10.5. The molecule has 3 atom stereocenters. The van der Waals surface area contributed by atoms with Gasteiger partial charge in [0.25, 0.3) is 5.56 Å². The second-order valence-electron chi connectivity index (χ2n) is 9.21. The van der Waals surface area contributed by atoms with Gasteiger partial charge in [0.05, 0.1) is 17.8 Å². The van der Waals surface area contributed by atoms with E-state index in [9.17, 15) is 19.5 Å². The van der Waals surface area contributed by atoms with Crippen LogP contribution in [-0.4, -0.2) is 31.9 Å². The van der Waals surface area contributed by atoms with Crippen LogP contribution in [0.15, 0.2) is 77.6 Å². The quantitative estimate of drug-likeness (QED) is 0.339. The molecule has 0 unspecified atom stereocenters. The Morgan fingerprint density at radius 1 is 1.03 bits per heavy atom. The van der Waals surface area contributed by atoms with Crippen molar-refractivity contribution >= 4 is 34.3 Å². The lowest BCUT2D eigenvalue weighted by atomic mass is 9.84. The average molecular weight is 518 g/mol. The molecule has 8 nitrogen and oxygen atoms in total. The van der Waals surface area contributed by atoms with Crippen molar-refractivity contribution in [1.82, 2.24) is 15.0 Å². The van der Waals surface area contributed by atoms with Crippen LogP contribution in [0.1, 0.15) is 28.8 Å². The monoisotopic (exact) mass is 517 g/mol. The number of ether oxygens (including phenoxy) is 1. The number of halogens is 1. The van der Waals surface area contributed by atoms with E-state index in [0.717, 1.165) is 5.56 Å². The Hall–Kier alpha value is -4.04. The van der Waals surface area contributed by atoms with Crippen molar-refractivity contribution in [3.05, 3.63) is 99.3 Å². The van der Waals surface area contributed by atoms with Crippen molar-refractivity contribution in [3.63, 3.8) is 0 Å². The van der Waals surface area contributed by atoms with Gasteiger partial charge in [-0.05, 0) is 72.9 Å². The third-order valence-electron chi connectivity index (χ3n) is 6.88. The highest BCUT2D eigenvalue weighted by Gasteiger charge is 2.45. The third-order valence-corrected chi connectivity index (χ3v) is 7.12. The Balaban J connectivity index is 1.29. The van der Waals surface area contributed by atoms with E-state index in [-0.39, 0.29) is 17.9 Å². The predicted molar refractivity (Wildman–Crippen MR) is 138 cm³/mol. The van der Waals surface area contributed by atoms with E-state index in [1.165, 1.54) is 4.68 Å². The Bertz CT molecular complexity index is 1520. The number of Topliss-reactive ketones (excluding diaryl/α,β-unsaturated/α-hetero) is 1. The summed E-state index contributed by atoms with van der Waals surface area (Å²) in [6.07, 6.45) is 0.915. The SMILES string of the molecule is O=C(O)[C@H]1[C@H](Cn2nnc3ccccc3c2=O)CC[C@@H]1C(=O)c1ccc(OCc2cccc(Cl)c2)cc1.